The predicted octanol–water partition coefficient (Wildman–Crippen LogP) is 3.79. The molecular weight excluding hydrogens is 232 g/mol. The van der Waals surface area contributed by atoms with Crippen molar-refractivity contribution in [2.45, 2.75) is 46.1 Å². The Kier molecular flexibility index (Phi) is 5.57. The van der Waals surface area contributed by atoms with Gasteiger partial charge >= 0.3 is 0 Å². The van der Waals surface area contributed by atoms with E-state index in [1.807, 2.05) is 0 Å². The minimum atomic E-state index is 0.178. The van der Waals surface area contributed by atoms with Crippen LogP contribution in [0.5, 0.6) is 0 Å². The van der Waals surface area contributed by atoms with Crippen LogP contribution in [0.25, 0.3) is 0 Å². The molecule has 1 unspecified atom stereocenters. The average molecular weight is 262 g/mol. The summed E-state index contributed by atoms with van der Waals surface area (Å²) in [5, 5.41) is 0. The van der Waals surface area contributed by atoms with Gasteiger partial charge in [0.15, 0.2) is 0 Å². The third-order valence-corrected chi connectivity index (χ3v) is 3.96. The molecule has 0 saturated carbocycles. The lowest BCUT2D eigenvalue weighted by Gasteiger charge is -2.39. The molecule has 19 heavy (non-hydrogen) atoms. The van der Waals surface area contributed by atoms with E-state index in [-0.39, 0.29) is 5.41 Å². The topological polar surface area (TPSA) is 29.3 Å². The number of hydrogen-bond acceptors (Lipinski definition) is 2. The molecule has 0 aliphatic heterocycles. The van der Waals surface area contributed by atoms with Crippen molar-refractivity contribution < 1.29 is 0 Å². The fraction of sp³-hybridized carbons (Fsp3) is 0.647. The molecule has 0 heterocycles. The highest BCUT2D eigenvalue weighted by Crippen LogP contribution is 2.39. The maximum Gasteiger partial charge on any atom is 0.0393 e. The first-order valence-corrected chi connectivity index (χ1v) is 7.26. The highest BCUT2D eigenvalue weighted by Gasteiger charge is 2.31. The van der Waals surface area contributed by atoms with Crippen LogP contribution in [-0.4, -0.2) is 25.5 Å². The van der Waals surface area contributed by atoms with Gasteiger partial charge in [-0.25, -0.2) is 0 Å². The SMILES string of the molecule is CC(C)c1ccc(C(N(C)C)C(C)(C)CCN)cc1. The van der Waals surface area contributed by atoms with E-state index in [1.54, 1.807) is 0 Å². The Hall–Kier alpha value is -0.860. The molecule has 0 amide bonds. The molecule has 0 aliphatic carbocycles. The third kappa shape index (κ3) is 4.05. The fourth-order valence-corrected chi connectivity index (χ4v) is 3.02. The smallest absolute Gasteiger partial charge is 0.0393 e. The second-order valence-corrected chi connectivity index (χ2v) is 6.71. The molecule has 2 nitrogen and oxygen atoms in total. The van der Waals surface area contributed by atoms with Crippen molar-refractivity contribution >= 4 is 0 Å². The highest BCUT2D eigenvalue weighted by atomic mass is 15.1. The molecule has 108 valence electrons. The van der Waals surface area contributed by atoms with E-state index in [0.717, 1.165) is 13.0 Å². The van der Waals surface area contributed by atoms with Gasteiger partial charge in [-0.1, -0.05) is 52.0 Å². The first-order chi connectivity index (χ1) is 8.79. The summed E-state index contributed by atoms with van der Waals surface area (Å²) in [5.74, 6) is 0.587. The minimum absolute atomic E-state index is 0.178. The van der Waals surface area contributed by atoms with Crippen molar-refractivity contribution in [1.29, 1.82) is 0 Å². The lowest BCUT2D eigenvalue weighted by molar-refractivity contribution is 0.128. The first kappa shape index (κ1) is 16.2. The number of benzene rings is 1. The summed E-state index contributed by atoms with van der Waals surface area (Å²) in [5.41, 5.74) is 8.74. The Balaban J connectivity index is 3.06. The molecule has 1 rings (SSSR count). The average Bonchev–Trinajstić information content (AvgIpc) is 2.28. The zero-order valence-corrected chi connectivity index (χ0v) is 13.4. The van der Waals surface area contributed by atoms with E-state index in [1.165, 1.54) is 11.1 Å². The number of rotatable bonds is 6. The quantitative estimate of drug-likeness (QED) is 0.845. The normalized spacial score (nSPS) is 14.2. The van der Waals surface area contributed by atoms with Crippen LogP contribution in [0.1, 0.15) is 57.2 Å². The monoisotopic (exact) mass is 262 g/mol. The van der Waals surface area contributed by atoms with Crippen molar-refractivity contribution in [2.24, 2.45) is 11.1 Å². The Bertz CT molecular complexity index is 377. The standard InChI is InChI=1S/C17H30N2/c1-13(2)14-7-9-15(10-8-14)16(19(5)6)17(3,4)11-12-18/h7-10,13,16H,11-12,18H2,1-6H3. The molecule has 0 bridgehead atoms. The summed E-state index contributed by atoms with van der Waals surface area (Å²) in [6.07, 6.45) is 1.03. The van der Waals surface area contributed by atoms with Crippen LogP contribution in [0, 0.1) is 5.41 Å². The molecule has 0 fully saturated rings. The zero-order valence-electron chi connectivity index (χ0n) is 13.4. The molecule has 0 spiro atoms. The van der Waals surface area contributed by atoms with Crippen LogP contribution >= 0.6 is 0 Å². The highest BCUT2D eigenvalue weighted by molar-refractivity contribution is 5.28. The van der Waals surface area contributed by atoms with Crippen molar-refractivity contribution in [3.05, 3.63) is 35.4 Å². The molecule has 0 aromatic heterocycles. The second kappa shape index (κ2) is 6.53. The van der Waals surface area contributed by atoms with Crippen molar-refractivity contribution in [1.82, 2.24) is 4.90 Å². The molecule has 0 radical (unpaired) electrons. The number of nitrogens with zero attached hydrogens (tertiary/aromatic N) is 1. The Morgan fingerprint density at radius 3 is 1.89 bits per heavy atom. The summed E-state index contributed by atoms with van der Waals surface area (Å²) >= 11 is 0. The number of hydrogen-bond donors (Lipinski definition) is 1. The van der Waals surface area contributed by atoms with Gasteiger partial charge in [-0.15, -0.1) is 0 Å². The second-order valence-electron chi connectivity index (χ2n) is 6.71. The summed E-state index contributed by atoms with van der Waals surface area (Å²) < 4.78 is 0. The van der Waals surface area contributed by atoms with Crippen LogP contribution in [0.3, 0.4) is 0 Å². The van der Waals surface area contributed by atoms with E-state index in [0.29, 0.717) is 12.0 Å². The van der Waals surface area contributed by atoms with Crippen molar-refractivity contribution in [3.63, 3.8) is 0 Å². The largest absolute Gasteiger partial charge is 0.330 e. The summed E-state index contributed by atoms with van der Waals surface area (Å²) in [6.45, 7) is 9.82. The van der Waals surface area contributed by atoms with E-state index in [2.05, 4.69) is 71.0 Å². The third-order valence-electron chi connectivity index (χ3n) is 3.96. The van der Waals surface area contributed by atoms with Crippen molar-refractivity contribution in [2.75, 3.05) is 20.6 Å². The minimum Gasteiger partial charge on any atom is -0.330 e. The van der Waals surface area contributed by atoms with Gasteiger partial charge in [0, 0.05) is 6.04 Å². The summed E-state index contributed by atoms with van der Waals surface area (Å²) in [7, 11) is 4.30. The van der Waals surface area contributed by atoms with Gasteiger partial charge < -0.3 is 10.6 Å². The summed E-state index contributed by atoms with van der Waals surface area (Å²) in [6, 6.07) is 9.47. The lowest BCUT2D eigenvalue weighted by Crippen LogP contribution is -2.35. The van der Waals surface area contributed by atoms with Crippen LogP contribution in [0.4, 0.5) is 0 Å². The molecule has 0 saturated heterocycles. The molecule has 1 atom stereocenters. The van der Waals surface area contributed by atoms with E-state index in [4.69, 9.17) is 5.73 Å². The maximum absolute atomic E-state index is 5.78. The van der Waals surface area contributed by atoms with Gasteiger partial charge in [0.2, 0.25) is 0 Å². The first-order valence-electron chi connectivity index (χ1n) is 7.26. The molecule has 2 N–H and O–H groups in total. The van der Waals surface area contributed by atoms with E-state index >= 15 is 0 Å². The van der Waals surface area contributed by atoms with Crippen LogP contribution in [0.15, 0.2) is 24.3 Å². The van der Waals surface area contributed by atoms with Gasteiger partial charge in [-0.3, -0.25) is 0 Å². The molecule has 1 aromatic rings. The van der Waals surface area contributed by atoms with Crippen LogP contribution in [0.2, 0.25) is 0 Å². The lowest BCUT2D eigenvalue weighted by atomic mass is 9.77. The Morgan fingerprint density at radius 2 is 1.53 bits per heavy atom. The Labute approximate surface area is 119 Å². The van der Waals surface area contributed by atoms with E-state index in [9.17, 15) is 0 Å². The van der Waals surface area contributed by atoms with Crippen LogP contribution < -0.4 is 5.73 Å². The van der Waals surface area contributed by atoms with Gasteiger partial charge in [-0.05, 0) is 49.5 Å². The molecule has 1 aromatic carbocycles. The molecule has 0 aliphatic rings. The van der Waals surface area contributed by atoms with E-state index < -0.39 is 0 Å². The fourth-order valence-electron chi connectivity index (χ4n) is 3.02. The van der Waals surface area contributed by atoms with Crippen molar-refractivity contribution in [3.8, 4) is 0 Å². The van der Waals surface area contributed by atoms with Gasteiger partial charge in [0.25, 0.3) is 0 Å². The summed E-state index contributed by atoms with van der Waals surface area (Å²) in [4.78, 5) is 2.31. The van der Waals surface area contributed by atoms with Gasteiger partial charge in [0.05, 0.1) is 0 Å². The maximum atomic E-state index is 5.78. The Morgan fingerprint density at radius 1 is 1.05 bits per heavy atom. The number of nitrogens with two attached hydrogens (primary N) is 1. The molecular formula is C17H30N2. The van der Waals surface area contributed by atoms with Crippen LogP contribution in [-0.2, 0) is 0 Å². The molecule has 2 heteroatoms. The zero-order chi connectivity index (χ0) is 14.6. The van der Waals surface area contributed by atoms with Gasteiger partial charge in [0.1, 0.15) is 0 Å². The van der Waals surface area contributed by atoms with Gasteiger partial charge in [-0.2, -0.15) is 0 Å². The predicted molar refractivity (Wildman–Crippen MR) is 84.4 cm³/mol.